The zero-order valence-electron chi connectivity index (χ0n) is 15.1. The molecule has 6 nitrogen and oxygen atoms in total. The van der Waals surface area contributed by atoms with E-state index in [9.17, 15) is 16.8 Å². The molecule has 0 unspecified atom stereocenters. The summed E-state index contributed by atoms with van der Waals surface area (Å²) >= 11 is 17.6. The van der Waals surface area contributed by atoms with E-state index in [1.165, 1.54) is 42.5 Å². The Kier molecular flexibility index (Phi) is 6.84. The van der Waals surface area contributed by atoms with Gasteiger partial charge >= 0.3 is 0 Å². The Morgan fingerprint density at radius 3 is 1.77 bits per heavy atom. The van der Waals surface area contributed by atoms with Crippen molar-refractivity contribution in [2.24, 2.45) is 0 Å². The number of nitrogens with one attached hydrogen (secondary N) is 2. The zero-order chi connectivity index (χ0) is 21.9. The Balaban J connectivity index is 1.72. The van der Waals surface area contributed by atoms with Crippen molar-refractivity contribution in [2.45, 2.75) is 10.6 Å². The van der Waals surface area contributed by atoms with Gasteiger partial charge in [-0.1, -0.05) is 46.9 Å². The summed E-state index contributed by atoms with van der Waals surface area (Å²) in [5, 5.41) is 1.07. The smallest absolute Gasteiger partial charge is 0.261 e. The molecule has 0 aromatic heterocycles. The molecule has 11 heteroatoms. The number of halogens is 3. The number of rotatable bonds is 7. The summed E-state index contributed by atoms with van der Waals surface area (Å²) in [6.45, 7) is 0. The maximum atomic E-state index is 12.5. The monoisotopic (exact) mass is 504 g/mol. The predicted octanol–water partition coefficient (Wildman–Crippen LogP) is 5.39. The van der Waals surface area contributed by atoms with Crippen molar-refractivity contribution in [1.29, 1.82) is 0 Å². The van der Waals surface area contributed by atoms with Crippen LogP contribution in [0.3, 0.4) is 0 Å². The highest BCUT2D eigenvalue weighted by Gasteiger charge is 2.16. The molecular weight excluding hydrogens is 491 g/mol. The molecule has 0 heterocycles. The molecule has 0 spiro atoms. The highest BCUT2D eigenvalue weighted by molar-refractivity contribution is 7.92. The van der Waals surface area contributed by atoms with Gasteiger partial charge in [0.25, 0.3) is 10.0 Å². The van der Waals surface area contributed by atoms with Crippen molar-refractivity contribution in [3.8, 4) is 0 Å². The Hall–Kier alpha value is -1.97. The minimum Gasteiger partial charge on any atom is -0.283 e. The van der Waals surface area contributed by atoms with E-state index in [0.717, 1.165) is 0 Å². The van der Waals surface area contributed by atoms with E-state index in [4.69, 9.17) is 34.8 Å². The van der Waals surface area contributed by atoms with Crippen LogP contribution in [-0.4, -0.2) is 16.8 Å². The first-order valence-electron chi connectivity index (χ1n) is 8.36. The van der Waals surface area contributed by atoms with E-state index in [-0.39, 0.29) is 32.1 Å². The summed E-state index contributed by atoms with van der Waals surface area (Å²) in [7, 11) is -7.61. The third kappa shape index (κ3) is 6.26. The van der Waals surface area contributed by atoms with E-state index in [1.54, 1.807) is 24.3 Å². The Labute approximate surface area is 189 Å². The molecule has 0 radical (unpaired) electrons. The van der Waals surface area contributed by atoms with Crippen LogP contribution in [-0.2, 0) is 25.8 Å². The van der Waals surface area contributed by atoms with Crippen molar-refractivity contribution >= 4 is 66.2 Å². The fourth-order valence-electron chi connectivity index (χ4n) is 2.54. The average Bonchev–Trinajstić information content (AvgIpc) is 2.62. The van der Waals surface area contributed by atoms with Gasteiger partial charge in [-0.25, -0.2) is 16.8 Å². The van der Waals surface area contributed by atoms with Gasteiger partial charge in [-0.2, -0.15) is 0 Å². The molecule has 0 fully saturated rings. The van der Waals surface area contributed by atoms with Gasteiger partial charge in [0, 0.05) is 20.8 Å². The van der Waals surface area contributed by atoms with Crippen molar-refractivity contribution in [3.05, 3.63) is 87.4 Å². The molecule has 2 N–H and O–H groups in total. The predicted molar refractivity (Wildman–Crippen MR) is 121 cm³/mol. The van der Waals surface area contributed by atoms with Gasteiger partial charge in [-0.3, -0.25) is 9.44 Å². The van der Waals surface area contributed by atoms with Gasteiger partial charge in [0.15, 0.2) is 0 Å². The summed E-state index contributed by atoms with van der Waals surface area (Å²) in [6, 6.07) is 16.1. The molecule has 3 rings (SSSR count). The molecule has 3 aromatic rings. The second-order valence-corrected chi connectivity index (χ2v) is 11.0. The van der Waals surface area contributed by atoms with Crippen LogP contribution in [0.2, 0.25) is 15.1 Å². The van der Waals surface area contributed by atoms with E-state index < -0.39 is 20.0 Å². The summed E-state index contributed by atoms with van der Waals surface area (Å²) in [4.78, 5) is -0.0563. The molecule has 0 atom stereocenters. The number of benzene rings is 3. The van der Waals surface area contributed by atoms with Crippen molar-refractivity contribution in [3.63, 3.8) is 0 Å². The van der Waals surface area contributed by atoms with Crippen LogP contribution in [0.5, 0.6) is 0 Å². The normalized spacial score (nSPS) is 11.8. The number of anilines is 2. The van der Waals surface area contributed by atoms with Crippen LogP contribution >= 0.6 is 34.8 Å². The molecule has 3 aromatic carbocycles. The molecule has 0 bridgehead atoms. The lowest BCUT2D eigenvalue weighted by Crippen LogP contribution is -2.16. The van der Waals surface area contributed by atoms with Gasteiger partial charge in [-0.05, 0) is 60.2 Å². The van der Waals surface area contributed by atoms with Gasteiger partial charge in [-0.15, -0.1) is 0 Å². The van der Waals surface area contributed by atoms with Crippen LogP contribution in [0.1, 0.15) is 5.56 Å². The Bertz CT molecular complexity index is 1240. The van der Waals surface area contributed by atoms with Crippen LogP contribution in [0, 0.1) is 0 Å². The topological polar surface area (TPSA) is 92.3 Å². The van der Waals surface area contributed by atoms with Crippen molar-refractivity contribution in [2.75, 3.05) is 9.44 Å². The highest BCUT2D eigenvalue weighted by atomic mass is 35.5. The highest BCUT2D eigenvalue weighted by Crippen LogP contribution is 2.25. The van der Waals surface area contributed by atoms with Crippen LogP contribution in [0.15, 0.2) is 71.6 Å². The fourth-order valence-corrected chi connectivity index (χ4v) is 5.44. The van der Waals surface area contributed by atoms with Crippen molar-refractivity contribution in [1.82, 2.24) is 0 Å². The first-order valence-corrected chi connectivity index (χ1v) is 12.6. The SMILES string of the molecule is O=S(=O)(Cc1ccc(Cl)cc1)Nc1ccc(S(=O)(=O)Nc2cc(Cl)cc(Cl)c2)cc1. The van der Waals surface area contributed by atoms with Gasteiger partial charge in [0.05, 0.1) is 16.3 Å². The van der Waals surface area contributed by atoms with Crippen LogP contribution in [0.4, 0.5) is 11.4 Å². The van der Waals surface area contributed by atoms with Crippen LogP contribution in [0.25, 0.3) is 0 Å². The summed E-state index contributed by atoms with van der Waals surface area (Å²) in [5.74, 6) is -0.249. The quantitative estimate of drug-likeness (QED) is 0.450. The molecule has 0 aliphatic carbocycles. The maximum Gasteiger partial charge on any atom is 0.261 e. The minimum atomic E-state index is -3.92. The third-order valence-electron chi connectivity index (χ3n) is 3.82. The van der Waals surface area contributed by atoms with Gasteiger partial charge in [0.1, 0.15) is 0 Å². The van der Waals surface area contributed by atoms with E-state index in [1.807, 2.05) is 0 Å². The second kappa shape index (κ2) is 9.03. The van der Waals surface area contributed by atoms with Gasteiger partial charge < -0.3 is 0 Å². The molecule has 0 amide bonds. The fraction of sp³-hybridized carbons (Fsp3) is 0.0526. The largest absolute Gasteiger partial charge is 0.283 e. The molecule has 0 aliphatic rings. The summed E-state index contributed by atoms with van der Waals surface area (Å²) in [5.41, 5.74) is 1.00. The molecular formula is C19H15Cl3N2O4S2. The molecule has 158 valence electrons. The standard InChI is InChI=1S/C19H15Cl3N2O4S2/c20-14-3-1-13(2-4-14)12-29(25,26)23-17-5-7-19(8-6-17)30(27,28)24-18-10-15(21)9-16(22)11-18/h1-11,23-24H,12H2. The number of sulfonamides is 2. The van der Waals surface area contributed by atoms with E-state index in [2.05, 4.69) is 9.44 Å². The second-order valence-electron chi connectivity index (χ2n) is 6.28. The summed E-state index contributed by atoms with van der Waals surface area (Å²) < 4.78 is 54.6. The molecule has 0 saturated heterocycles. The number of hydrogen-bond donors (Lipinski definition) is 2. The zero-order valence-corrected chi connectivity index (χ0v) is 19.0. The Morgan fingerprint density at radius 1 is 0.633 bits per heavy atom. The maximum absolute atomic E-state index is 12.5. The lowest BCUT2D eigenvalue weighted by atomic mass is 10.2. The van der Waals surface area contributed by atoms with E-state index in [0.29, 0.717) is 10.6 Å². The van der Waals surface area contributed by atoms with E-state index >= 15 is 0 Å². The number of hydrogen-bond acceptors (Lipinski definition) is 4. The lowest BCUT2D eigenvalue weighted by molar-refractivity contribution is 0.599. The molecule has 0 aliphatic heterocycles. The minimum absolute atomic E-state index is 0.0563. The molecule has 0 saturated carbocycles. The first kappa shape index (κ1) is 22.7. The average molecular weight is 506 g/mol. The molecule has 30 heavy (non-hydrogen) atoms. The third-order valence-corrected chi connectivity index (χ3v) is 7.17. The lowest BCUT2D eigenvalue weighted by Gasteiger charge is -2.11. The van der Waals surface area contributed by atoms with Crippen LogP contribution < -0.4 is 9.44 Å². The first-order chi connectivity index (χ1) is 14.0. The van der Waals surface area contributed by atoms with Crippen molar-refractivity contribution < 1.29 is 16.8 Å². The van der Waals surface area contributed by atoms with Gasteiger partial charge in [0.2, 0.25) is 10.0 Å². The Morgan fingerprint density at radius 2 is 1.20 bits per heavy atom. The summed E-state index contributed by atoms with van der Waals surface area (Å²) in [6.07, 6.45) is 0.